The van der Waals surface area contributed by atoms with Crippen LogP contribution in [-0.4, -0.2) is 20.6 Å². The Morgan fingerprint density at radius 1 is 1.00 bits per heavy atom. The Labute approximate surface area is 145 Å². The number of thioether (sulfide) groups is 1. The van der Waals surface area contributed by atoms with Crippen LogP contribution in [0.25, 0.3) is 11.4 Å². The van der Waals surface area contributed by atoms with Gasteiger partial charge in [-0.3, -0.25) is 4.57 Å². The van der Waals surface area contributed by atoms with Crippen molar-refractivity contribution in [2.45, 2.75) is 11.8 Å². The highest BCUT2D eigenvalue weighted by atomic mass is 79.9. The number of rotatable bonds is 2. The highest BCUT2D eigenvalue weighted by Crippen LogP contribution is 2.32. The fourth-order valence-electron chi connectivity index (χ4n) is 2.49. The molecule has 2 heterocycles. The third-order valence-electron chi connectivity index (χ3n) is 3.67. The zero-order valence-electron chi connectivity index (χ0n) is 12.0. The standard InChI is InChI=1S/C16H12BrFN4S/c17-12-3-7-14(8-4-12)21-9-22-15(19-20-16(22)23-10-21)11-1-5-13(18)6-2-11/h1-8H,9-10H2. The Morgan fingerprint density at radius 3 is 2.48 bits per heavy atom. The van der Waals surface area contributed by atoms with Gasteiger partial charge in [-0.05, 0) is 48.5 Å². The maximum Gasteiger partial charge on any atom is 0.194 e. The van der Waals surface area contributed by atoms with Crippen LogP contribution in [0.4, 0.5) is 10.1 Å². The molecule has 0 unspecified atom stereocenters. The molecule has 0 amide bonds. The van der Waals surface area contributed by atoms with E-state index in [9.17, 15) is 4.39 Å². The van der Waals surface area contributed by atoms with Crippen molar-refractivity contribution >= 4 is 33.4 Å². The monoisotopic (exact) mass is 390 g/mol. The summed E-state index contributed by atoms with van der Waals surface area (Å²) in [6, 6.07) is 14.6. The second kappa shape index (κ2) is 5.98. The average Bonchev–Trinajstić information content (AvgIpc) is 2.99. The third-order valence-corrected chi connectivity index (χ3v) is 5.20. The summed E-state index contributed by atoms with van der Waals surface area (Å²) in [5, 5.41) is 9.41. The molecule has 0 N–H and O–H groups in total. The number of hydrogen-bond donors (Lipinski definition) is 0. The SMILES string of the molecule is Fc1ccc(-c2nnc3n2CN(c2ccc(Br)cc2)CS3)cc1. The number of hydrogen-bond acceptors (Lipinski definition) is 4. The Morgan fingerprint density at radius 2 is 1.74 bits per heavy atom. The number of anilines is 1. The van der Waals surface area contributed by atoms with E-state index in [2.05, 4.69) is 47.7 Å². The lowest BCUT2D eigenvalue weighted by Gasteiger charge is -2.29. The predicted octanol–water partition coefficient (Wildman–Crippen LogP) is 4.37. The molecule has 1 aliphatic heterocycles. The largest absolute Gasteiger partial charge is 0.344 e. The summed E-state index contributed by atoms with van der Waals surface area (Å²) in [7, 11) is 0. The van der Waals surface area contributed by atoms with Gasteiger partial charge in [0.2, 0.25) is 0 Å². The van der Waals surface area contributed by atoms with Crippen molar-refractivity contribution in [1.29, 1.82) is 0 Å². The molecule has 1 aromatic heterocycles. The first-order chi connectivity index (χ1) is 11.2. The van der Waals surface area contributed by atoms with Crippen LogP contribution >= 0.6 is 27.7 Å². The van der Waals surface area contributed by atoms with Gasteiger partial charge in [0.1, 0.15) is 5.82 Å². The minimum atomic E-state index is -0.252. The van der Waals surface area contributed by atoms with Crippen molar-refractivity contribution in [3.8, 4) is 11.4 Å². The Balaban J connectivity index is 1.67. The van der Waals surface area contributed by atoms with Gasteiger partial charge >= 0.3 is 0 Å². The van der Waals surface area contributed by atoms with E-state index in [0.29, 0.717) is 6.67 Å². The lowest BCUT2D eigenvalue weighted by atomic mass is 10.2. The molecule has 4 rings (SSSR count). The molecule has 2 aromatic carbocycles. The van der Waals surface area contributed by atoms with Crippen LogP contribution in [0.2, 0.25) is 0 Å². The number of fused-ring (bicyclic) bond motifs is 1. The van der Waals surface area contributed by atoms with E-state index in [4.69, 9.17) is 0 Å². The molecule has 0 bridgehead atoms. The second-order valence-corrected chi connectivity index (χ2v) is 7.00. The summed E-state index contributed by atoms with van der Waals surface area (Å²) in [6.07, 6.45) is 0. The lowest BCUT2D eigenvalue weighted by molar-refractivity contribution is 0.607. The van der Waals surface area contributed by atoms with Crippen molar-refractivity contribution in [3.63, 3.8) is 0 Å². The van der Waals surface area contributed by atoms with Gasteiger partial charge in [0.25, 0.3) is 0 Å². The topological polar surface area (TPSA) is 34.0 Å². The Bertz CT molecular complexity index is 832. The Kier molecular flexibility index (Phi) is 3.82. The maximum atomic E-state index is 13.1. The third kappa shape index (κ3) is 2.86. The van der Waals surface area contributed by atoms with E-state index >= 15 is 0 Å². The smallest absolute Gasteiger partial charge is 0.194 e. The van der Waals surface area contributed by atoms with Crippen LogP contribution in [-0.2, 0) is 6.67 Å². The first-order valence-electron chi connectivity index (χ1n) is 7.03. The van der Waals surface area contributed by atoms with Crippen LogP contribution in [0.1, 0.15) is 0 Å². The van der Waals surface area contributed by atoms with Gasteiger partial charge in [0.05, 0.1) is 12.5 Å². The molecule has 0 radical (unpaired) electrons. The molecule has 0 atom stereocenters. The highest BCUT2D eigenvalue weighted by Gasteiger charge is 2.22. The van der Waals surface area contributed by atoms with Crippen LogP contribution in [0.3, 0.4) is 0 Å². The van der Waals surface area contributed by atoms with Crippen LogP contribution in [0, 0.1) is 5.82 Å². The van der Waals surface area contributed by atoms with E-state index in [-0.39, 0.29) is 5.82 Å². The van der Waals surface area contributed by atoms with Gasteiger partial charge in [-0.2, -0.15) is 0 Å². The minimum absolute atomic E-state index is 0.252. The quantitative estimate of drug-likeness (QED) is 0.650. The van der Waals surface area contributed by atoms with Gasteiger partial charge in [0.15, 0.2) is 11.0 Å². The van der Waals surface area contributed by atoms with E-state index in [0.717, 1.165) is 32.6 Å². The second-order valence-electron chi connectivity index (χ2n) is 5.17. The van der Waals surface area contributed by atoms with Crippen LogP contribution < -0.4 is 4.90 Å². The molecule has 23 heavy (non-hydrogen) atoms. The van der Waals surface area contributed by atoms with Crippen molar-refractivity contribution in [1.82, 2.24) is 14.8 Å². The molecule has 1 aliphatic rings. The van der Waals surface area contributed by atoms with Gasteiger partial charge in [-0.25, -0.2) is 4.39 Å². The molecule has 116 valence electrons. The van der Waals surface area contributed by atoms with E-state index < -0.39 is 0 Å². The summed E-state index contributed by atoms with van der Waals surface area (Å²) >= 11 is 5.10. The van der Waals surface area contributed by atoms with Crippen molar-refractivity contribution < 1.29 is 4.39 Å². The Hall–Kier alpha value is -1.86. The number of halogens is 2. The maximum absolute atomic E-state index is 13.1. The zero-order chi connectivity index (χ0) is 15.8. The molecule has 0 fully saturated rings. The number of aromatic nitrogens is 3. The van der Waals surface area contributed by atoms with Crippen LogP contribution in [0.15, 0.2) is 58.2 Å². The molecule has 7 heteroatoms. The van der Waals surface area contributed by atoms with Crippen molar-refractivity contribution in [2.24, 2.45) is 0 Å². The van der Waals surface area contributed by atoms with Gasteiger partial charge < -0.3 is 4.90 Å². The van der Waals surface area contributed by atoms with Crippen molar-refractivity contribution in [3.05, 3.63) is 58.8 Å². The predicted molar refractivity (Wildman–Crippen MR) is 92.8 cm³/mol. The van der Waals surface area contributed by atoms with Gasteiger partial charge in [0, 0.05) is 15.7 Å². The molecular formula is C16H12BrFN4S. The molecule has 0 saturated carbocycles. The minimum Gasteiger partial charge on any atom is -0.344 e. The van der Waals surface area contributed by atoms with Crippen molar-refractivity contribution in [2.75, 3.05) is 10.8 Å². The summed E-state index contributed by atoms with van der Waals surface area (Å²) < 4.78 is 16.2. The van der Waals surface area contributed by atoms with Crippen LogP contribution in [0.5, 0.6) is 0 Å². The normalized spacial score (nSPS) is 13.9. The first-order valence-corrected chi connectivity index (χ1v) is 8.81. The van der Waals surface area contributed by atoms with E-state index in [1.807, 2.05) is 12.1 Å². The highest BCUT2D eigenvalue weighted by molar-refractivity contribution is 9.10. The van der Waals surface area contributed by atoms with E-state index in [1.54, 1.807) is 23.9 Å². The number of nitrogens with zero attached hydrogens (tertiary/aromatic N) is 4. The summed E-state index contributed by atoms with van der Waals surface area (Å²) in [5.74, 6) is 1.33. The molecule has 0 spiro atoms. The summed E-state index contributed by atoms with van der Waals surface area (Å²) in [4.78, 5) is 2.25. The molecule has 0 saturated heterocycles. The molecular weight excluding hydrogens is 379 g/mol. The summed E-state index contributed by atoms with van der Waals surface area (Å²) in [5.41, 5.74) is 2.01. The molecule has 3 aromatic rings. The fraction of sp³-hybridized carbons (Fsp3) is 0.125. The first kappa shape index (κ1) is 14.7. The van der Waals surface area contributed by atoms with Gasteiger partial charge in [-0.1, -0.05) is 27.7 Å². The average molecular weight is 391 g/mol. The zero-order valence-corrected chi connectivity index (χ0v) is 14.4. The van der Waals surface area contributed by atoms with E-state index in [1.165, 1.54) is 12.1 Å². The van der Waals surface area contributed by atoms with Gasteiger partial charge in [-0.15, -0.1) is 10.2 Å². The molecule has 4 nitrogen and oxygen atoms in total. The number of benzene rings is 2. The summed E-state index contributed by atoms with van der Waals surface area (Å²) in [6.45, 7) is 0.670. The lowest BCUT2D eigenvalue weighted by Crippen LogP contribution is -2.30. The molecule has 0 aliphatic carbocycles. The fourth-order valence-corrected chi connectivity index (χ4v) is 3.66.